The Morgan fingerprint density at radius 3 is 2.61 bits per heavy atom. The molecule has 0 spiro atoms. The molecule has 18 heavy (non-hydrogen) atoms. The Kier molecular flexibility index (Phi) is 5.44. The summed E-state index contributed by atoms with van der Waals surface area (Å²) in [5, 5.41) is 16.4. The molecule has 0 aliphatic rings. The van der Waals surface area contributed by atoms with Crippen molar-refractivity contribution in [1.29, 1.82) is 0 Å². The molecule has 0 unspecified atom stereocenters. The van der Waals surface area contributed by atoms with Crippen molar-refractivity contribution in [2.45, 2.75) is 13.3 Å². The number of anilines is 1. The molecule has 5 nitrogen and oxygen atoms in total. The largest absolute Gasteiger partial charge is 0.378 e. The van der Waals surface area contributed by atoms with E-state index in [0.717, 1.165) is 19.0 Å². The first-order chi connectivity index (χ1) is 8.56. The van der Waals surface area contributed by atoms with Gasteiger partial charge in [-0.1, -0.05) is 6.92 Å². The van der Waals surface area contributed by atoms with Crippen LogP contribution >= 0.6 is 0 Å². The van der Waals surface area contributed by atoms with Crippen molar-refractivity contribution >= 4 is 11.4 Å². The van der Waals surface area contributed by atoms with Crippen LogP contribution in [0.3, 0.4) is 0 Å². The van der Waals surface area contributed by atoms with Gasteiger partial charge in [0.25, 0.3) is 0 Å². The summed E-state index contributed by atoms with van der Waals surface area (Å²) >= 11 is 0. The van der Waals surface area contributed by atoms with Crippen molar-refractivity contribution in [2.24, 2.45) is 0 Å². The van der Waals surface area contributed by atoms with Gasteiger partial charge in [0.2, 0.25) is 5.82 Å². The number of nitro groups is 1. The molecule has 0 aromatic heterocycles. The van der Waals surface area contributed by atoms with E-state index in [0.29, 0.717) is 19.2 Å². The van der Waals surface area contributed by atoms with Gasteiger partial charge in [0, 0.05) is 25.2 Å². The lowest BCUT2D eigenvalue weighted by Gasteiger charge is -2.08. The zero-order valence-electron chi connectivity index (χ0n) is 10.0. The van der Waals surface area contributed by atoms with Gasteiger partial charge < -0.3 is 10.6 Å². The summed E-state index contributed by atoms with van der Waals surface area (Å²) in [6.45, 7) is 3.74. The van der Waals surface area contributed by atoms with Crippen molar-refractivity contribution in [3.8, 4) is 0 Å². The first-order valence-corrected chi connectivity index (χ1v) is 5.64. The van der Waals surface area contributed by atoms with Gasteiger partial charge >= 0.3 is 5.69 Å². The number of hydrogen-bond acceptors (Lipinski definition) is 4. The van der Waals surface area contributed by atoms with Gasteiger partial charge in [-0.05, 0) is 13.0 Å². The molecule has 0 radical (unpaired) electrons. The summed E-state index contributed by atoms with van der Waals surface area (Å²) in [4.78, 5) is 9.81. The summed E-state index contributed by atoms with van der Waals surface area (Å²) in [7, 11) is 0. The molecule has 0 bridgehead atoms. The van der Waals surface area contributed by atoms with Crippen molar-refractivity contribution in [3.05, 3.63) is 33.9 Å². The van der Waals surface area contributed by atoms with Gasteiger partial charge in [-0.25, -0.2) is 4.39 Å². The van der Waals surface area contributed by atoms with Gasteiger partial charge in [-0.3, -0.25) is 10.1 Å². The molecule has 1 aromatic rings. The molecule has 0 aliphatic heterocycles. The summed E-state index contributed by atoms with van der Waals surface area (Å²) in [5.74, 6) is -2.02. The lowest BCUT2D eigenvalue weighted by Crippen LogP contribution is -2.23. The van der Waals surface area contributed by atoms with Crippen LogP contribution in [0.2, 0.25) is 0 Å². The third kappa shape index (κ3) is 3.92. The molecule has 0 fully saturated rings. The molecule has 0 saturated heterocycles. The van der Waals surface area contributed by atoms with Crippen LogP contribution in [0.4, 0.5) is 20.2 Å². The maximum absolute atomic E-state index is 13.3. The fourth-order valence-electron chi connectivity index (χ4n) is 1.47. The molecule has 0 amide bonds. The third-order valence-electron chi connectivity index (χ3n) is 2.25. The number of hydrogen-bond donors (Lipinski definition) is 2. The fourth-order valence-corrected chi connectivity index (χ4v) is 1.47. The summed E-state index contributed by atoms with van der Waals surface area (Å²) in [6.07, 6.45) is 0.967. The Hall–Kier alpha value is -1.76. The molecular formula is C11H15F2N3O2. The lowest BCUT2D eigenvalue weighted by atomic mass is 10.2. The van der Waals surface area contributed by atoms with Crippen LogP contribution in [-0.4, -0.2) is 24.6 Å². The minimum Gasteiger partial charge on any atom is -0.378 e. The maximum atomic E-state index is 13.3. The van der Waals surface area contributed by atoms with Crippen LogP contribution in [0, 0.1) is 21.7 Å². The molecule has 1 rings (SSSR count). The van der Waals surface area contributed by atoms with E-state index in [1.54, 1.807) is 0 Å². The van der Waals surface area contributed by atoms with Crippen LogP contribution < -0.4 is 10.6 Å². The van der Waals surface area contributed by atoms with Gasteiger partial charge in [-0.15, -0.1) is 0 Å². The van der Waals surface area contributed by atoms with Crippen LogP contribution in [0.1, 0.15) is 13.3 Å². The highest BCUT2D eigenvalue weighted by Gasteiger charge is 2.21. The van der Waals surface area contributed by atoms with Crippen LogP contribution in [0.25, 0.3) is 0 Å². The molecule has 100 valence electrons. The standard InChI is InChI=1S/C11H15F2N3O2/c1-2-3-14-4-5-15-10-7-8(12)6-9(13)11(10)16(17)18/h6-7,14-15H,2-5H2,1H3. The zero-order valence-corrected chi connectivity index (χ0v) is 10.0. The molecule has 0 heterocycles. The van der Waals surface area contributed by atoms with E-state index < -0.39 is 22.2 Å². The molecular weight excluding hydrogens is 244 g/mol. The first kappa shape index (κ1) is 14.3. The van der Waals surface area contributed by atoms with Crippen molar-refractivity contribution < 1.29 is 13.7 Å². The molecule has 2 N–H and O–H groups in total. The van der Waals surface area contributed by atoms with E-state index in [-0.39, 0.29) is 5.69 Å². The summed E-state index contributed by atoms with van der Waals surface area (Å²) in [6, 6.07) is 1.42. The predicted octanol–water partition coefficient (Wildman–Crippen LogP) is 2.28. The summed E-state index contributed by atoms with van der Waals surface area (Å²) < 4.78 is 26.2. The third-order valence-corrected chi connectivity index (χ3v) is 2.25. The van der Waals surface area contributed by atoms with Crippen LogP contribution in [-0.2, 0) is 0 Å². The molecule has 0 aliphatic carbocycles. The normalized spacial score (nSPS) is 10.4. The molecule has 0 atom stereocenters. The zero-order chi connectivity index (χ0) is 13.5. The predicted molar refractivity (Wildman–Crippen MR) is 64.7 cm³/mol. The number of nitrogens with one attached hydrogen (secondary N) is 2. The SMILES string of the molecule is CCCNCCNc1cc(F)cc(F)c1[N+](=O)[O-]. The highest BCUT2D eigenvalue weighted by atomic mass is 19.1. The minimum absolute atomic E-state index is 0.143. The van der Waals surface area contributed by atoms with E-state index >= 15 is 0 Å². The first-order valence-electron chi connectivity index (χ1n) is 5.64. The van der Waals surface area contributed by atoms with E-state index in [4.69, 9.17) is 0 Å². The highest BCUT2D eigenvalue weighted by Crippen LogP contribution is 2.28. The number of nitro benzene ring substituents is 1. The Bertz CT molecular complexity index is 427. The summed E-state index contributed by atoms with van der Waals surface area (Å²) in [5.41, 5.74) is -0.873. The minimum atomic E-state index is -1.18. The number of halogens is 2. The van der Waals surface area contributed by atoms with Gasteiger partial charge in [0.05, 0.1) is 4.92 Å². The Labute approximate surface area is 103 Å². The number of benzene rings is 1. The Morgan fingerprint density at radius 2 is 2.00 bits per heavy atom. The van der Waals surface area contributed by atoms with E-state index in [9.17, 15) is 18.9 Å². The molecule has 7 heteroatoms. The Morgan fingerprint density at radius 1 is 1.28 bits per heavy atom. The van der Waals surface area contributed by atoms with Gasteiger partial charge in [-0.2, -0.15) is 4.39 Å². The average molecular weight is 259 g/mol. The second kappa shape index (κ2) is 6.85. The number of nitrogens with zero attached hydrogens (tertiary/aromatic N) is 1. The monoisotopic (exact) mass is 259 g/mol. The lowest BCUT2D eigenvalue weighted by molar-refractivity contribution is -0.386. The topological polar surface area (TPSA) is 67.2 Å². The van der Waals surface area contributed by atoms with Crippen molar-refractivity contribution in [3.63, 3.8) is 0 Å². The second-order valence-corrected chi connectivity index (χ2v) is 3.72. The fraction of sp³-hybridized carbons (Fsp3) is 0.455. The van der Waals surface area contributed by atoms with Gasteiger partial charge in [0.1, 0.15) is 11.5 Å². The van der Waals surface area contributed by atoms with Crippen LogP contribution in [0.15, 0.2) is 12.1 Å². The van der Waals surface area contributed by atoms with Crippen molar-refractivity contribution in [1.82, 2.24) is 5.32 Å². The molecule has 1 aromatic carbocycles. The quantitative estimate of drug-likeness (QED) is 0.448. The second-order valence-electron chi connectivity index (χ2n) is 3.72. The smallest absolute Gasteiger partial charge is 0.327 e. The van der Waals surface area contributed by atoms with Crippen LogP contribution in [0.5, 0.6) is 0 Å². The van der Waals surface area contributed by atoms with E-state index in [1.165, 1.54) is 0 Å². The highest BCUT2D eigenvalue weighted by molar-refractivity contribution is 5.62. The average Bonchev–Trinajstić information content (AvgIpc) is 2.27. The van der Waals surface area contributed by atoms with Gasteiger partial charge in [0.15, 0.2) is 0 Å². The van der Waals surface area contributed by atoms with Crippen molar-refractivity contribution in [2.75, 3.05) is 25.0 Å². The van der Waals surface area contributed by atoms with E-state index in [1.807, 2.05) is 6.92 Å². The van der Waals surface area contributed by atoms with E-state index in [2.05, 4.69) is 10.6 Å². The molecule has 0 saturated carbocycles. The maximum Gasteiger partial charge on any atom is 0.327 e. The Balaban J connectivity index is 2.71. The number of rotatable bonds is 7.